The van der Waals surface area contributed by atoms with E-state index in [0.29, 0.717) is 0 Å². The molecule has 0 spiro atoms. The second-order valence-electron chi connectivity index (χ2n) is 17.9. The van der Waals surface area contributed by atoms with Crippen molar-refractivity contribution in [3.05, 3.63) is 282 Å². The zero-order chi connectivity index (χ0) is 42.6. The van der Waals surface area contributed by atoms with Crippen LogP contribution in [0.4, 0.5) is 0 Å². The molecule has 0 amide bonds. The lowest BCUT2D eigenvalue weighted by molar-refractivity contribution is 0.776. The number of aromatic nitrogens is 1. The first-order valence-electron chi connectivity index (χ1n) is 22.8. The van der Waals surface area contributed by atoms with E-state index in [-0.39, 0.29) is 5.92 Å². The number of rotatable bonds is 5. The Hall–Kier alpha value is -8.26. The number of nitrogens with zero attached hydrogens (tertiary/aromatic N) is 1. The second-order valence-corrected chi connectivity index (χ2v) is 17.9. The summed E-state index contributed by atoms with van der Waals surface area (Å²) in [6.45, 7) is 0. The first-order chi connectivity index (χ1) is 32.3. The maximum absolute atomic E-state index is 2.51. The van der Waals surface area contributed by atoms with Gasteiger partial charge in [-0.15, -0.1) is 0 Å². The zero-order valence-electron chi connectivity index (χ0n) is 35.6. The predicted octanol–water partition coefficient (Wildman–Crippen LogP) is 16.3. The Morgan fingerprint density at radius 2 is 0.954 bits per heavy atom. The minimum atomic E-state index is -0.555. The molecule has 12 aromatic rings. The van der Waals surface area contributed by atoms with Crippen LogP contribution >= 0.6 is 0 Å². The summed E-state index contributed by atoms with van der Waals surface area (Å²) in [6.07, 6.45) is 0. The fourth-order valence-corrected chi connectivity index (χ4v) is 12.0. The molecule has 2 aliphatic carbocycles. The van der Waals surface area contributed by atoms with Gasteiger partial charge in [0.25, 0.3) is 0 Å². The summed E-state index contributed by atoms with van der Waals surface area (Å²) in [7, 11) is 0. The van der Waals surface area contributed by atoms with Crippen LogP contribution < -0.4 is 0 Å². The van der Waals surface area contributed by atoms with E-state index in [1.807, 2.05) is 0 Å². The van der Waals surface area contributed by atoms with Crippen molar-refractivity contribution in [2.75, 3.05) is 0 Å². The molecule has 0 bridgehead atoms. The lowest BCUT2D eigenvalue weighted by atomic mass is 9.67. The standard InChI is InChI=1S/C64H41N/c1-3-20-46(21-4-1)64(47-22-5-2-6-23-47)58-29-14-13-26-51(58)55-35-37-60-62(63(55)64)57-40-45(32-36-59(57)65(60)48-33-30-41-16-7-8-18-43(41)38-48)44-31-34-54-56(39-44)50-25-11-12-27-53(50)61(54)52-28-15-19-42-17-9-10-24-49(42)52/h1-40,61H. The molecule has 1 aromatic heterocycles. The van der Waals surface area contributed by atoms with Crippen molar-refractivity contribution in [2.45, 2.75) is 11.3 Å². The van der Waals surface area contributed by atoms with E-state index in [1.165, 1.54) is 116 Å². The molecule has 302 valence electrons. The van der Waals surface area contributed by atoms with Crippen LogP contribution in [0.2, 0.25) is 0 Å². The van der Waals surface area contributed by atoms with Crippen LogP contribution in [-0.4, -0.2) is 4.57 Å². The van der Waals surface area contributed by atoms with Crippen LogP contribution in [0.3, 0.4) is 0 Å². The van der Waals surface area contributed by atoms with Crippen molar-refractivity contribution in [1.29, 1.82) is 0 Å². The Balaban J connectivity index is 1.06. The normalized spacial score (nSPS) is 14.4. The summed E-state index contributed by atoms with van der Waals surface area (Å²) < 4.78 is 2.51. The van der Waals surface area contributed by atoms with Gasteiger partial charge in [-0.25, -0.2) is 0 Å². The maximum Gasteiger partial charge on any atom is 0.0720 e. The van der Waals surface area contributed by atoms with Crippen molar-refractivity contribution in [3.63, 3.8) is 0 Å². The number of hydrogen-bond donors (Lipinski definition) is 0. The molecule has 1 heteroatoms. The Kier molecular flexibility index (Phi) is 7.73. The minimum absolute atomic E-state index is 0.164. The molecule has 2 aliphatic rings. The largest absolute Gasteiger partial charge is 0.309 e. The van der Waals surface area contributed by atoms with Crippen molar-refractivity contribution < 1.29 is 0 Å². The van der Waals surface area contributed by atoms with Gasteiger partial charge in [-0.3, -0.25) is 0 Å². The van der Waals surface area contributed by atoms with E-state index in [0.717, 1.165) is 5.69 Å². The molecule has 0 fully saturated rings. The number of benzene rings is 11. The van der Waals surface area contributed by atoms with Gasteiger partial charge >= 0.3 is 0 Å². The quantitative estimate of drug-likeness (QED) is 0.163. The van der Waals surface area contributed by atoms with Gasteiger partial charge in [0.15, 0.2) is 0 Å². The molecule has 0 N–H and O–H groups in total. The summed E-state index contributed by atoms with van der Waals surface area (Å²) in [5, 5.41) is 7.61. The van der Waals surface area contributed by atoms with Crippen molar-refractivity contribution in [2.24, 2.45) is 0 Å². The summed E-state index contributed by atoms with van der Waals surface area (Å²) in [5.74, 6) is 0.164. The molecule has 14 rings (SSSR count). The molecule has 0 saturated heterocycles. The lowest BCUT2D eigenvalue weighted by Gasteiger charge is -2.34. The highest BCUT2D eigenvalue weighted by Gasteiger charge is 2.48. The average molecular weight is 824 g/mol. The smallest absolute Gasteiger partial charge is 0.0720 e. The van der Waals surface area contributed by atoms with Gasteiger partial charge in [-0.1, -0.05) is 206 Å². The summed E-state index contributed by atoms with van der Waals surface area (Å²) in [5.41, 5.74) is 20.0. The topological polar surface area (TPSA) is 4.93 Å². The van der Waals surface area contributed by atoms with Crippen molar-refractivity contribution in [1.82, 2.24) is 4.57 Å². The second kappa shape index (κ2) is 13.9. The predicted molar refractivity (Wildman–Crippen MR) is 271 cm³/mol. The minimum Gasteiger partial charge on any atom is -0.309 e. The molecule has 65 heavy (non-hydrogen) atoms. The number of fused-ring (bicyclic) bond motifs is 12. The SMILES string of the molecule is c1ccc(C2(c3ccccc3)c3ccccc3-c3ccc4c(c32)c2cc(-c3ccc5c(c3)-c3ccccc3C5c3cccc5ccccc35)ccc2n4-c2ccc3ccccc3c2)cc1. The highest BCUT2D eigenvalue weighted by molar-refractivity contribution is 6.16. The van der Waals surface area contributed by atoms with Gasteiger partial charge in [-0.2, -0.15) is 0 Å². The van der Waals surface area contributed by atoms with Crippen LogP contribution in [0.25, 0.3) is 82.4 Å². The Morgan fingerprint density at radius 1 is 0.338 bits per heavy atom. The molecular weight excluding hydrogens is 783 g/mol. The van der Waals surface area contributed by atoms with Crippen molar-refractivity contribution >= 4 is 43.4 Å². The van der Waals surface area contributed by atoms with E-state index in [2.05, 4.69) is 247 Å². The molecule has 1 nitrogen and oxygen atoms in total. The van der Waals surface area contributed by atoms with E-state index >= 15 is 0 Å². The summed E-state index contributed by atoms with van der Waals surface area (Å²) >= 11 is 0. The van der Waals surface area contributed by atoms with E-state index in [9.17, 15) is 0 Å². The fourth-order valence-electron chi connectivity index (χ4n) is 12.0. The number of hydrogen-bond acceptors (Lipinski definition) is 0. The molecule has 0 saturated carbocycles. The summed E-state index contributed by atoms with van der Waals surface area (Å²) in [4.78, 5) is 0. The van der Waals surface area contributed by atoms with Crippen LogP contribution in [-0.2, 0) is 5.41 Å². The van der Waals surface area contributed by atoms with Gasteiger partial charge < -0.3 is 4.57 Å². The molecule has 1 heterocycles. The van der Waals surface area contributed by atoms with E-state index in [1.54, 1.807) is 0 Å². The third-order valence-corrected chi connectivity index (χ3v) is 14.7. The lowest BCUT2D eigenvalue weighted by Crippen LogP contribution is -2.28. The Bertz CT molecular complexity index is 3850. The van der Waals surface area contributed by atoms with Gasteiger partial charge in [0.2, 0.25) is 0 Å². The molecule has 1 unspecified atom stereocenters. The van der Waals surface area contributed by atoms with E-state index < -0.39 is 5.41 Å². The molecule has 11 aromatic carbocycles. The van der Waals surface area contributed by atoms with Crippen molar-refractivity contribution in [3.8, 4) is 39.1 Å². The molecular formula is C64H41N. The Morgan fingerprint density at radius 3 is 1.78 bits per heavy atom. The average Bonchev–Trinajstić information content (AvgIpc) is 4.00. The van der Waals surface area contributed by atoms with Gasteiger partial charge in [0, 0.05) is 22.4 Å². The first kappa shape index (κ1) is 36.2. The van der Waals surface area contributed by atoms with Crippen LogP contribution in [0.5, 0.6) is 0 Å². The highest BCUT2D eigenvalue weighted by Crippen LogP contribution is 2.59. The monoisotopic (exact) mass is 823 g/mol. The van der Waals surface area contributed by atoms with E-state index in [4.69, 9.17) is 0 Å². The van der Waals surface area contributed by atoms with Gasteiger partial charge in [-0.05, 0) is 130 Å². The molecule has 0 radical (unpaired) electrons. The van der Waals surface area contributed by atoms with Crippen LogP contribution in [0, 0.1) is 0 Å². The Labute approximate surface area is 378 Å². The van der Waals surface area contributed by atoms with Crippen LogP contribution in [0.15, 0.2) is 243 Å². The summed E-state index contributed by atoms with van der Waals surface area (Å²) in [6, 6.07) is 91.0. The molecule has 0 aliphatic heterocycles. The third kappa shape index (κ3) is 5.10. The third-order valence-electron chi connectivity index (χ3n) is 14.7. The van der Waals surface area contributed by atoms with Gasteiger partial charge in [0.1, 0.15) is 0 Å². The molecule has 1 atom stereocenters. The van der Waals surface area contributed by atoms with Gasteiger partial charge in [0.05, 0.1) is 16.4 Å². The first-order valence-corrected chi connectivity index (χ1v) is 22.8. The fraction of sp³-hybridized carbons (Fsp3) is 0.0312. The zero-order valence-corrected chi connectivity index (χ0v) is 35.6. The highest BCUT2D eigenvalue weighted by atomic mass is 15.0. The van der Waals surface area contributed by atoms with Crippen LogP contribution in [0.1, 0.15) is 44.9 Å². The maximum atomic E-state index is 2.51.